The van der Waals surface area contributed by atoms with Crippen molar-refractivity contribution in [1.29, 1.82) is 0 Å². The number of para-hydroxylation sites is 1. The summed E-state index contributed by atoms with van der Waals surface area (Å²) in [6.45, 7) is 0.101. The molecule has 0 atom stereocenters. The van der Waals surface area contributed by atoms with Gasteiger partial charge in [0.15, 0.2) is 0 Å². The summed E-state index contributed by atoms with van der Waals surface area (Å²) in [7, 11) is 1.33. The van der Waals surface area contributed by atoms with Gasteiger partial charge in [-0.3, -0.25) is 0 Å². The highest BCUT2D eigenvalue weighted by atomic mass is 16.5. The molecule has 0 aliphatic heterocycles. The smallest absolute Gasteiger partial charge is 0.338 e. The maximum Gasteiger partial charge on any atom is 0.338 e. The second kappa shape index (κ2) is 8.67. The van der Waals surface area contributed by atoms with Crippen LogP contribution in [0.2, 0.25) is 0 Å². The minimum absolute atomic E-state index is 0.101. The van der Waals surface area contributed by atoms with Crippen molar-refractivity contribution >= 4 is 11.9 Å². The highest BCUT2D eigenvalue weighted by Crippen LogP contribution is 2.22. The van der Waals surface area contributed by atoms with Crippen LogP contribution in [0.25, 0.3) is 0 Å². The monoisotopic (exact) mass is 362 g/mol. The van der Waals surface area contributed by atoms with E-state index < -0.39 is 11.9 Å². The summed E-state index contributed by atoms with van der Waals surface area (Å²) in [6.07, 6.45) is 0. The van der Waals surface area contributed by atoms with Gasteiger partial charge in [-0.15, -0.1) is 0 Å². The number of carbonyl (C=O) groups is 2. The fraction of sp³-hybridized carbons (Fsp3) is 0.0909. The zero-order valence-corrected chi connectivity index (χ0v) is 14.8. The van der Waals surface area contributed by atoms with Crippen molar-refractivity contribution in [2.45, 2.75) is 6.61 Å². The predicted molar refractivity (Wildman–Crippen MR) is 99.9 cm³/mol. The molecule has 0 aliphatic rings. The molecule has 0 bridgehead atoms. The van der Waals surface area contributed by atoms with Crippen molar-refractivity contribution in [3.63, 3.8) is 0 Å². The summed E-state index contributed by atoms with van der Waals surface area (Å²) in [5.41, 5.74) is 1.61. The molecule has 0 unspecified atom stereocenters. The molecule has 136 valence electrons. The molecule has 0 radical (unpaired) electrons. The first-order valence-electron chi connectivity index (χ1n) is 8.33. The van der Waals surface area contributed by atoms with Crippen molar-refractivity contribution < 1.29 is 23.8 Å². The van der Waals surface area contributed by atoms with E-state index in [1.807, 2.05) is 30.3 Å². The summed E-state index contributed by atoms with van der Waals surface area (Å²) >= 11 is 0. The third-order valence-electron chi connectivity index (χ3n) is 3.79. The van der Waals surface area contributed by atoms with Gasteiger partial charge in [-0.2, -0.15) is 0 Å². The Morgan fingerprint density at radius 2 is 1.44 bits per heavy atom. The van der Waals surface area contributed by atoms with Gasteiger partial charge in [0.1, 0.15) is 18.1 Å². The van der Waals surface area contributed by atoms with Gasteiger partial charge in [-0.25, -0.2) is 9.59 Å². The van der Waals surface area contributed by atoms with Crippen LogP contribution in [0.3, 0.4) is 0 Å². The first-order valence-corrected chi connectivity index (χ1v) is 8.33. The van der Waals surface area contributed by atoms with Gasteiger partial charge < -0.3 is 14.2 Å². The third kappa shape index (κ3) is 4.95. The van der Waals surface area contributed by atoms with Crippen molar-refractivity contribution in [3.8, 4) is 11.5 Å². The Kier molecular flexibility index (Phi) is 5.84. The number of methoxy groups -OCH3 is 1. The van der Waals surface area contributed by atoms with Gasteiger partial charge in [-0.1, -0.05) is 36.4 Å². The minimum Gasteiger partial charge on any atom is -0.465 e. The molecular weight excluding hydrogens is 344 g/mol. The Bertz CT molecular complexity index is 917. The average molecular weight is 362 g/mol. The van der Waals surface area contributed by atoms with Crippen LogP contribution >= 0.6 is 0 Å². The molecule has 3 aromatic carbocycles. The van der Waals surface area contributed by atoms with Crippen molar-refractivity contribution in [1.82, 2.24) is 0 Å². The maximum absolute atomic E-state index is 12.3. The maximum atomic E-state index is 12.3. The number of esters is 2. The van der Waals surface area contributed by atoms with Crippen molar-refractivity contribution in [3.05, 3.63) is 95.6 Å². The Hall–Kier alpha value is -3.60. The molecule has 0 saturated heterocycles. The zero-order valence-electron chi connectivity index (χ0n) is 14.8. The number of benzene rings is 3. The molecular formula is C22H18O5. The molecule has 27 heavy (non-hydrogen) atoms. The molecule has 5 nitrogen and oxygen atoms in total. The average Bonchev–Trinajstić information content (AvgIpc) is 2.72. The van der Waals surface area contributed by atoms with E-state index in [1.54, 1.807) is 48.5 Å². The molecule has 5 heteroatoms. The fourth-order valence-corrected chi connectivity index (χ4v) is 2.40. The van der Waals surface area contributed by atoms with Gasteiger partial charge in [-0.05, 0) is 48.0 Å². The van der Waals surface area contributed by atoms with Crippen molar-refractivity contribution in [2.24, 2.45) is 0 Å². The quantitative estimate of drug-likeness (QED) is 0.599. The van der Waals surface area contributed by atoms with E-state index in [0.717, 1.165) is 5.56 Å². The highest BCUT2D eigenvalue weighted by Gasteiger charge is 2.10. The summed E-state index contributed by atoms with van der Waals surface area (Å²) < 4.78 is 15.7. The molecule has 0 fully saturated rings. The zero-order chi connectivity index (χ0) is 19.1. The van der Waals surface area contributed by atoms with Crippen LogP contribution in [0.4, 0.5) is 0 Å². The predicted octanol–water partition coefficient (Wildman–Crippen LogP) is 4.62. The molecule has 0 saturated carbocycles. The normalized spacial score (nSPS) is 10.1. The summed E-state index contributed by atoms with van der Waals surface area (Å²) in [5, 5.41) is 0. The molecule has 3 aromatic rings. The lowest BCUT2D eigenvalue weighted by Gasteiger charge is -2.08. The second-order valence-electron chi connectivity index (χ2n) is 5.71. The number of rotatable bonds is 6. The first kappa shape index (κ1) is 18.2. The lowest BCUT2D eigenvalue weighted by atomic mass is 10.1. The molecule has 0 N–H and O–H groups in total. The summed E-state index contributed by atoms with van der Waals surface area (Å²) in [5.74, 6) is 0.381. The number of hydrogen-bond donors (Lipinski definition) is 0. The van der Waals surface area contributed by atoms with E-state index >= 15 is 0 Å². The largest absolute Gasteiger partial charge is 0.465 e. The number of carbonyl (C=O) groups excluding carboxylic acids is 2. The van der Waals surface area contributed by atoms with Crippen LogP contribution in [-0.4, -0.2) is 19.0 Å². The molecule has 3 rings (SSSR count). The minimum atomic E-state index is -0.453. The van der Waals surface area contributed by atoms with Crippen molar-refractivity contribution in [2.75, 3.05) is 7.11 Å². The molecule has 0 spiro atoms. The van der Waals surface area contributed by atoms with E-state index in [2.05, 4.69) is 4.74 Å². The summed E-state index contributed by atoms with van der Waals surface area (Å²) in [6, 6.07) is 22.8. The lowest BCUT2D eigenvalue weighted by Crippen LogP contribution is -2.06. The van der Waals surface area contributed by atoms with Crippen LogP contribution < -0.4 is 4.74 Å². The van der Waals surface area contributed by atoms with E-state index in [4.69, 9.17) is 9.47 Å². The van der Waals surface area contributed by atoms with Gasteiger partial charge >= 0.3 is 11.9 Å². The Morgan fingerprint density at radius 3 is 2.15 bits per heavy atom. The Morgan fingerprint density at radius 1 is 0.741 bits per heavy atom. The lowest BCUT2D eigenvalue weighted by molar-refractivity contribution is 0.0471. The second-order valence-corrected chi connectivity index (χ2v) is 5.71. The topological polar surface area (TPSA) is 61.8 Å². The van der Waals surface area contributed by atoms with Crippen LogP contribution in [0.15, 0.2) is 78.9 Å². The molecule has 0 aromatic heterocycles. The van der Waals surface area contributed by atoms with Gasteiger partial charge in [0, 0.05) is 0 Å². The van der Waals surface area contributed by atoms with Gasteiger partial charge in [0.2, 0.25) is 0 Å². The standard InChI is InChI=1S/C22H18O5/c1-25-21(23)17-12-10-16(11-13-17)15-26-22(24)18-6-5-9-20(14-18)27-19-7-3-2-4-8-19/h2-14H,15H2,1H3. The fourth-order valence-electron chi connectivity index (χ4n) is 2.40. The highest BCUT2D eigenvalue weighted by molar-refractivity contribution is 5.90. The van der Waals surface area contributed by atoms with Gasteiger partial charge in [0.25, 0.3) is 0 Å². The Balaban J connectivity index is 1.61. The van der Waals surface area contributed by atoms with Crippen LogP contribution in [0.1, 0.15) is 26.3 Å². The molecule has 0 aliphatic carbocycles. The van der Waals surface area contributed by atoms with E-state index in [0.29, 0.717) is 22.6 Å². The number of ether oxygens (including phenoxy) is 3. The first-order chi connectivity index (χ1) is 13.2. The van der Waals surface area contributed by atoms with Crippen LogP contribution in [0.5, 0.6) is 11.5 Å². The summed E-state index contributed by atoms with van der Waals surface area (Å²) in [4.78, 5) is 23.7. The third-order valence-corrected chi connectivity index (χ3v) is 3.79. The van der Waals surface area contributed by atoms with Gasteiger partial charge in [0.05, 0.1) is 18.2 Å². The van der Waals surface area contributed by atoms with E-state index in [1.165, 1.54) is 7.11 Å². The van der Waals surface area contributed by atoms with Crippen LogP contribution in [0, 0.1) is 0 Å². The van der Waals surface area contributed by atoms with E-state index in [9.17, 15) is 9.59 Å². The molecule has 0 heterocycles. The molecule has 0 amide bonds. The number of hydrogen-bond acceptors (Lipinski definition) is 5. The SMILES string of the molecule is COC(=O)c1ccc(COC(=O)c2cccc(Oc3ccccc3)c2)cc1. The van der Waals surface area contributed by atoms with E-state index in [-0.39, 0.29) is 6.61 Å². The van der Waals surface area contributed by atoms with Crippen LogP contribution in [-0.2, 0) is 16.1 Å². The Labute approximate surface area is 157 Å².